The van der Waals surface area contributed by atoms with E-state index in [-0.39, 0.29) is 28.6 Å². The zero-order chi connectivity index (χ0) is 16.8. The van der Waals surface area contributed by atoms with Gasteiger partial charge in [0.15, 0.2) is 11.6 Å². The van der Waals surface area contributed by atoms with Crippen LogP contribution in [0.4, 0.5) is 0 Å². The molecule has 0 aromatic heterocycles. The van der Waals surface area contributed by atoms with Gasteiger partial charge in [-0.1, -0.05) is 30.3 Å². The molecule has 0 bridgehead atoms. The van der Waals surface area contributed by atoms with Crippen LogP contribution in [0, 0.1) is 63.7 Å². The fourth-order valence-corrected chi connectivity index (χ4v) is 2.52. The Balaban J connectivity index is 0.000000325. The smallest absolute Gasteiger partial charge is 0.290 e. The first-order valence-electron chi connectivity index (χ1n) is 7.72. The van der Waals surface area contributed by atoms with Crippen LogP contribution in [0.1, 0.15) is 5.56 Å². The first-order valence-corrected chi connectivity index (χ1v) is 7.72. The van der Waals surface area contributed by atoms with Gasteiger partial charge in [-0.05, 0) is 75.5 Å². The molecule has 2 nitrogen and oxygen atoms in total. The van der Waals surface area contributed by atoms with Crippen molar-refractivity contribution in [1.82, 2.24) is 0 Å². The van der Waals surface area contributed by atoms with E-state index in [2.05, 4.69) is 0 Å². The van der Waals surface area contributed by atoms with E-state index in [1.54, 1.807) is 0 Å². The Morgan fingerprint density at radius 2 is 1.12 bits per heavy atom. The summed E-state index contributed by atoms with van der Waals surface area (Å²) in [6, 6.07) is 9.27. The molecule has 0 aliphatic heterocycles. The van der Waals surface area contributed by atoms with Crippen molar-refractivity contribution in [2.45, 2.75) is 0 Å². The Morgan fingerprint density at radius 1 is 0.600 bits per heavy atom. The van der Waals surface area contributed by atoms with Crippen molar-refractivity contribution in [2.75, 3.05) is 0 Å². The van der Waals surface area contributed by atoms with Crippen LogP contribution in [0.2, 0.25) is 0 Å². The molecule has 0 amide bonds. The van der Waals surface area contributed by atoms with Crippen LogP contribution in [0.3, 0.4) is 0 Å². The van der Waals surface area contributed by atoms with E-state index in [1.165, 1.54) is 12.2 Å². The van der Waals surface area contributed by atoms with Gasteiger partial charge < -0.3 is 0 Å². The third-order valence-electron chi connectivity index (χ3n) is 3.68. The second kappa shape index (κ2) is 9.89. The Hall–Kier alpha value is -1.44. The first kappa shape index (κ1) is 19.9. The number of allylic oxidation sites excluding steroid dienone is 4. The monoisotopic (exact) mass is 368 g/mol. The standard InChI is InChI=1S/C17H11O2.C5H5.Fe/c18-14-10-15(12-6-2-1-3-7-12)17(19)16(11-14)13-8-4-5-9-13;1-2-4-5-3-1;/h1-11H;1-5H;/q;;+2. The average molecular weight is 368 g/mol. The molecule has 2 saturated carbocycles. The van der Waals surface area contributed by atoms with E-state index in [9.17, 15) is 9.59 Å². The molecule has 3 heteroatoms. The predicted molar refractivity (Wildman–Crippen MR) is 94.5 cm³/mol. The van der Waals surface area contributed by atoms with Crippen molar-refractivity contribution < 1.29 is 26.7 Å². The molecule has 4 rings (SSSR count). The van der Waals surface area contributed by atoms with Gasteiger partial charge in [0, 0.05) is 17.1 Å². The van der Waals surface area contributed by atoms with E-state index in [4.69, 9.17) is 0 Å². The van der Waals surface area contributed by atoms with Gasteiger partial charge in [0.1, 0.15) is 0 Å². The third kappa shape index (κ3) is 5.26. The Kier molecular flexibility index (Phi) is 7.86. The summed E-state index contributed by atoms with van der Waals surface area (Å²) in [5.74, 6) is 0.548. The van der Waals surface area contributed by atoms with Gasteiger partial charge in [0.2, 0.25) is 0 Å². The molecule has 0 heterocycles. The maximum absolute atomic E-state index is 12.5. The van der Waals surface area contributed by atoms with Gasteiger partial charge in [-0.2, -0.15) is 0 Å². The van der Waals surface area contributed by atoms with Crippen LogP contribution in [0.15, 0.2) is 48.1 Å². The summed E-state index contributed by atoms with van der Waals surface area (Å²) in [6.45, 7) is 0. The zero-order valence-corrected chi connectivity index (χ0v) is 14.5. The zero-order valence-electron chi connectivity index (χ0n) is 13.4. The molecule has 0 unspecified atom stereocenters. The topological polar surface area (TPSA) is 34.1 Å². The fraction of sp³-hybridized carbons (Fsp3) is 0. The van der Waals surface area contributed by atoms with Crippen LogP contribution in [0.25, 0.3) is 5.57 Å². The minimum Gasteiger partial charge on any atom is -0.290 e. The number of carbonyl (C=O) groups is 2. The van der Waals surface area contributed by atoms with Crippen LogP contribution >= 0.6 is 0 Å². The second-order valence-corrected chi connectivity index (χ2v) is 5.35. The number of benzene rings is 1. The average Bonchev–Trinajstić information content (AvgIpc) is 3.33. The molecule has 1 aromatic carbocycles. The molecule has 0 N–H and O–H groups in total. The van der Waals surface area contributed by atoms with E-state index in [0.717, 1.165) is 11.5 Å². The summed E-state index contributed by atoms with van der Waals surface area (Å²) in [5.41, 5.74) is 1.71. The molecule has 10 radical (unpaired) electrons. The summed E-state index contributed by atoms with van der Waals surface area (Å²) in [5, 5.41) is 0. The SMILES string of the molecule is O=C1C=C([C]2[CH][CH][CH][CH]2)C(=O)C(c2ccccc2)=C1.[CH]1[CH][CH][CH][CH]1.[Fe+2]. The van der Waals surface area contributed by atoms with Crippen molar-refractivity contribution in [2.24, 2.45) is 0 Å². The van der Waals surface area contributed by atoms with Gasteiger partial charge >= 0.3 is 17.1 Å². The van der Waals surface area contributed by atoms with Crippen molar-refractivity contribution in [3.63, 3.8) is 0 Å². The van der Waals surface area contributed by atoms with Gasteiger partial charge in [0.05, 0.1) is 0 Å². The quantitative estimate of drug-likeness (QED) is 0.591. The fourth-order valence-electron chi connectivity index (χ4n) is 2.52. The molecule has 0 spiro atoms. The molecule has 0 atom stereocenters. The molecular weight excluding hydrogens is 352 g/mol. The summed E-state index contributed by atoms with van der Waals surface area (Å²) in [4.78, 5) is 24.3. The third-order valence-corrected chi connectivity index (χ3v) is 3.68. The van der Waals surface area contributed by atoms with Crippen molar-refractivity contribution in [3.05, 3.63) is 117 Å². The molecule has 2 fully saturated rings. The summed E-state index contributed by atoms with van der Waals surface area (Å²) in [6.07, 6.45) is 20.2. The Labute approximate surface area is 161 Å². The minimum atomic E-state index is -0.144. The summed E-state index contributed by atoms with van der Waals surface area (Å²) < 4.78 is 0. The molecule has 3 aliphatic carbocycles. The van der Waals surface area contributed by atoms with Crippen LogP contribution in [-0.4, -0.2) is 11.6 Å². The second-order valence-electron chi connectivity index (χ2n) is 5.35. The molecule has 25 heavy (non-hydrogen) atoms. The van der Waals surface area contributed by atoms with Crippen LogP contribution in [0.5, 0.6) is 0 Å². The maximum atomic E-state index is 12.5. The van der Waals surface area contributed by atoms with Crippen LogP contribution < -0.4 is 0 Å². The number of ketones is 2. The van der Waals surface area contributed by atoms with E-state index >= 15 is 0 Å². The van der Waals surface area contributed by atoms with E-state index in [1.807, 2.05) is 88.1 Å². The molecule has 0 saturated heterocycles. The first-order chi connectivity index (χ1) is 11.8. The van der Waals surface area contributed by atoms with Crippen molar-refractivity contribution in [3.8, 4) is 0 Å². The number of hydrogen-bond acceptors (Lipinski definition) is 2. The van der Waals surface area contributed by atoms with Crippen molar-refractivity contribution >= 4 is 17.1 Å². The van der Waals surface area contributed by atoms with Crippen molar-refractivity contribution in [1.29, 1.82) is 0 Å². The maximum Gasteiger partial charge on any atom is 2.00 e. The molecule has 1 aromatic rings. The normalized spacial score (nSPS) is 20.3. The Morgan fingerprint density at radius 3 is 1.68 bits per heavy atom. The minimum absolute atomic E-state index is 0. The van der Waals surface area contributed by atoms with Gasteiger partial charge in [-0.3, -0.25) is 9.59 Å². The molecule has 3 aliphatic rings. The van der Waals surface area contributed by atoms with Gasteiger partial charge in [-0.25, -0.2) is 0 Å². The van der Waals surface area contributed by atoms with E-state index in [0.29, 0.717) is 11.1 Å². The molecule has 122 valence electrons. The van der Waals surface area contributed by atoms with Gasteiger partial charge in [0.25, 0.3) is 0 Å². The number of rotatable bonds is 2. The van der Waals surface area contributed by atoms with E-state index < -0.39 is 0 Å². The summed E-state index contributed by atoms with van der Waals surface area (Å²) in [7, 11) is 0. The number of hydrogen-bond donors (Lipinski definition) is 0. The predicted octanol–water partition coefficient (Wildman–Crippen LogP) is 3.57. The number of carbonyl (C=O) groups excluding carboxylic acids is 2. The Bertz CT molecular complexity index is 640. The van der Waals surface area contributed by atoms with Crippen LogP contribution in [-0.2, 0) is 26.7 Å². The largest absolute Gasteiger partial charge is 2.00 e. The summed E-state index contributed by atoms with van der Waals surface area (Å²) >= 11 is 0. The number of Topliss-reactive ketones (excluding diaryl/α,β-unsaturated/α-hetero) is 1. The van der Waals surface area contributed by atoms with Gasteiger partial charge in [-0.15, -0.1) is 0 Å². The molecular formula is C22H16FeO2+2.